The predicted octanol–water partition coefficient (Wildman–Crippen LogP) is 3.40. The van der Waals surface area contributed by atoms with Gasteiger partial charge in [0, 0.05) is 33.6 Å². The first-order chi connectivity index (χ1) is 7.18. The fraction of sp³-hybridized carbons (Fsp3) is 0.0909. The monoisotopic (exact) mass is 241 g/mol. The van der Waals surface area contributed by atoms with Crippen LogP contribution in [0.15, 0.2) is 36.7 Å². The van der Waals surface area contributed by atoms with Crippen LogP contribution >= 0.6 is 23.2 Å². The first kappa shape index (κ1) is 10.6. The van der Waals surface area contributed by atoms with Crippen LogP contribution in [0.1, 0.15) is 17.2 Å². The lowest BCUT2D eigenvalue weighted by atomic mass is 10.0. The summed E-state index contributed by atoms with van der Waals surface area (Å²) < 4.78 is 0. The van der Waals surface area contributed by atoms with Gasteiger partial charge < -0.3 is 10.1 Å². The zero-order valence-electron chi connectivity index (χ0n) is 7.74. The number of hydrogen-bond donors (Lipinski definition) is 2. The molecule has 1 aromatic heterocycles. The molecule has 0 spiro atoms. The highest BCUT2D eigenvalue weighted by atomic mass is 35.5. The van der Waals surface area contributed by atoms with Crippen LogP contribution in [0.2, 0.25) is 10.0 Å². The lowest BCUT2D eigenvalue weighted by Gasteiger charge is -2.11. The molecule has 1 heterocycles. The van der Waals surface area contributed by atoms with Crippen molar-refractivity contribution in [3.05, 3.63) is 57.8 Å². The number of aliphatic hydroxyl groups excluding tert-OH is 1. The lowest BCUT2D eigenvalue weighted by molar-refractivity contribution is 0.220. The van der Waals surface area contributed by atoms with Crippen molar-refractivity contribution in [1.82, 2.24) is 4.98 Å². The summed E-state index contributed by atoms with van der Waals surface area (Å²) in [6.45, 7) is 0. The van der Waals surface area contributed by atoms with E-state index in [4.69, 9.17) is 23.2 Å². The molecule has 1 unspecified atom stereocenters. The lowest BCUT2D eigenvalue weighted by Crippen LogP contribution is -1.98. The molecule has 1 atom stereocenters. The molecule has 2 aromatic rings. The minimum absolute atomic E-state index is 0.469. The Labute approximate surface area is 97.5 Å². The maximum Gasteiger partial charge on any atom is 0.107 e. The average Bonchev–Trinajstić information content (AvgIpc) is 2.69. The summed E-state index contributed by atoms with van der Waals surface area (Å²) in [4.78, 5) is 2.88. The van der Waals surface area contributed by atoms with Crippen molar-refractivity contribution in [3.63, 3.8) is 0 Å². The van der Waals surface area contributed by atoms with Crippen LogP contribution in [0.5, 0.6) is 0 Å². The number of hydrogen-bond acceptors (Lipinski definition) is 1. The molecule has 2 N–H and O–H groups in total. The molecule has 0 aliphatic carbocycles. The molecule has 0 saturated carbocycles. The molecule has 0 radical (unpaired) electrons. The van der Waals surface area contributed by atoms with E-state index in [1.807, 2.05) is 0 Å². The largest absolute Gasteiger partial charge is 0.384 e. The van der Waals surface area contributed by atoms with Gasteiger partial charge >= 0.3 is 0 Å². The van der Waals surface area contributed by atoms with Crippen LogP contribution < -0.4 is 0 Å². The summed E-state index contributed by atoms with van der Waals surface area (Å²) >= 11 is 11.8. The van der Waals surface area contributed by atoms with Crippen LogP contribution in [0.3, 0.4) is 0 Å². The highest BCUT2D eigenvalue weighted by molar-refractivity contribution is 6.35. The van der Waals surface area contributed by atoms with Gasteiger partial charge in [-0.3, -0.25) is 0 Å². The normalized spacial score (nSPS) is 12.7. The second-order valence-electron chi connectivity index (χ2n) is 3.21. The number of nitrogens with one attached hydrogen (secondary N) is 1. The minimum Gasteiger partial charge on any atom is -0.384 e. The number of aliphatic hydroxyl groups is 1. The van der Waals surface area contributed by atoms with Crippen molar-refractivity contribution in [3.8, 4) is 0 Å². The molecule has 0 bridgehead atoms. The maximum atomic E-state index is 10.0. The number of halogens is 2. The Morgan fingerprint density at radius 3 is 2.60 bits per heavy atom. The van der Waals surface area contributed by atoms with E-state index in [2.05, 4.69) is 4.98 Å². The summed E-state index contributed by atoms with van der Waals surface area (Å²) in [5.41, 5.74) is 1.43. The Bertz CT molecular complexity index is 454. The SMILES string of the molecule is OC(c1cc[nH]c1)c1ccc(Cl)cc1Cl. The van der Waals surface area contributed by atoms with Gasteiger partial charge in [-0.1, -0.05) is 29.3 Å². The van der Waals surface area contributed by atoms with Crippen LogP contribution in [0.25, 0.3) is 0 Å². The smallest absolute Gasteiger partial charge is 0.107 e. The zero-order valence-corrected chi connectivity index (χ0v) is 9.26. The number of benzene rings is 1. The van der Waals surface area contributed by atoms with Crippen LogP contribution in [-0.2, 0) is 0 Å². The molecule has 0 amide bonds. The Morgan fingerprint density at radius 2 is 2.00 bits per heavy atom. The Morgan fingerprint density at radius 1 is 1.20 bits per heavy atom. The minimum atomic E-state index is -0.721. The Hall–Kier alpha value is -0.960. The van der Waals surface area contributed by atoms with Gasteiger partial charge in [0.25, 0.3) is 0 Å². The molecule has 0 aliphatic rings. The van der Waals surface area contributed by atoms with Gasteiger partial charge in [-0.15, -0.1) is 0 Å². The van der Waals surface area contributed by atoms with E-state index in [0.717, 1.165) is 5.56 Å². The Balaban J connectivity index is 2.38. The predicted molar refractivity (Wildman–Crippen MR) is 61.3 cm³/mol. The van der Waals surface area contributed by atoms with Crippen molar-refractivity contribution in [2.45, 2.75) is 6.10 Å². The summed E-state index contributed by atoms with van der Waals surface area (Å²) in [5, 5.41) is 11.0. The van der Waals surface area contributed by atoms with Crippen molar-refractivity contribution < 1.29 is 5.11 Å². The molecular formula is C11H9Cl2NO. The molecule has 4 heteroatoms. The quantitative estimate of drug-likeness (QED) is 0.831. The van der Waals surface area contributed by atoms with E-state index in [9.17, 15) is 5.11 Å². The third-order valence-corrected chi connectivity index (χ3v) is 2.76. The molecule has 78 valence electrons. The van der Waals surface area contributed by atoms with Gasteiger partial charge in [0.1, 0.15) is 6.10 Å². The van der Waals surface area contributed by atoms with Gasteiger partial charge in [-0.25, -0.2) is 0 Å². The van der Waals surface area contributed by atoms with Crippen LogP contribution in [0, 0.1) is 0 Å². The highest BCUT2D eigenvalue weighted by Crippen LogP contribution is 2.29. The van der Waals surface area contributed by atoms with E-state index < -0.39 is 6.10 Å². The highest BCUT2D eigenvalue weighted by Gasteiger charge is 2.14. The summed E-state index contributed by atoms with van der Waals surface area (Å²) in [6, 6.07) is 6.85. The molecule has 2 nitrogen and oxygen atoms in total. The number of aromatic amines is 1. The molecule has 0 aliphatic heterocycles. The number of aromatic nitrogens is 1. The fourth-order valence-corrected chi connectivity index (χ4v) is 1.92. The van der Waals surface area contributed by atoms with E-state index in [-0.39, 0.29) is 0 Å². The maximum absolute atomic E-state index is 10.0. The third-order valence-electron chi connectivity index (χ3n) is 2.19. The van der Waals surface area contributed by atoms with Crippen molar-refractivity contribution in [1.29, 1.82) is 0 Å². The van der Waals surface area contributed by atoms with Gasteiger partial charge in [0.2, 0.25) is 0 Å². The molecular weight excluding hydrogens is 233 g/mol. The molecule has 1 aromatic carbocycles. The van der Waals surface area contributed by atoms with Gasteiger partial charge in [-0.2, -0.15) is 0 Å². The fourth-order valence-electron chi connectivity index (χ4n) is 1.41. The van der Waals surface area contributed by atoms with Gasteiger partial charge in [0.15, 0.2) is 0 Å². The van der Waals surface area contributed by atoms with Crippen LogP contribution in [0.4, 0.5) is 0 Å². The molecule has 0 fully saturated rings. The average molecular weight is 242 g/mol. The Kier molecular flexibility index (Phi) is 3.00. The van der Waals surface area contributed by atoms with Crippen LogP contribution in [-0.4, -0.2) is 10.1 Å². The van der Waals surface area contributed by atoms with Gasteiger partial charge in [-0.05, 0) is 18.2 Å². The second kappa shape index (κ2) is 4.27. The summed E-state index contributed by atoms with van der Waals surface area (Å²) in [6.07, 6.45) is 2.76. The summed E-state index contributed by atoms with van der Waals surface area (Å²) in [7, 11) is 0. The zero-order chi connectivity index (χ0) is 10.8. The number of rotatable bonds is 2. The first-order valence-corrected chi connectivity index (χ1v) is 5.20. The first-order valence-electron chi connectivity index (χ1n) is 4.44. The molecule has 15 heavy (non-hydrogen) atoms. The molecule has 0 saturated heterocycles. The topological polar surface area (TPSA) is 36.0 Å². The third kappa shape index (κ3) is 2.17. The second-order valence-corrected chi connectivity index (χ2v) is 4.06. The van der Waals surface area contributed by atoms with Crippen molar-refractivity contribution in [2.75, 3.05) is 0 Å². The van der Waals surface area contributed by atoms with E-state index in [1.54, 1.807) is 36.7 Å². The van der Waals surface area contributed by atoms with Crippen molar-refractivity contribution in [2.24, 2.45) is 0 Å². The van der Waals surface area contributed by atoms with E-state index in [0.29, 0.717) is 15.6 Å². The van der Waals surface area contributed by atoms with Gasteiger partial charge in [0.05, 0.1) is 0 Å². The molecule has 2 rings (SSSR count). The van der Waals surface area contributed by atoms with E-state index >= 15 is 0 Å². The standard InChI is InChI=1S/C11H9Cl2NO/c12-8-1-2-9(10(13)5-8)11(15)7-3-4-14-6-7/h1-6,11,14-15H. The summed E-state index contributed by atoms with van der Waals surface area (Å²) in [5.74, 6) is 0. The van der Waals surface area contributed by atoms with E-state index in [1.165, 1.54) is 0 Å². The van der Waals surface area contributed by atoms with Crippen molar-refractivity contribution >= 4 is 23.2 Å². The number of H-pyrrole nitrogens is 1.